The van der Waals surface area contributed by atoms with Crippen molar-refractivity contribution in [2.75, 3.05) is 39.4 Å². The van der Waals surface area contributed by atoms with E-state index < -0.39 is 0 Å². The van der Waals surface area contributed by atoms with Crippen molar-refractivity contribution in [2.24, 2.45) is 11.3 Å². The van der Waals surface area contributed by atoms with Crippen molar-refractivity contribution in [1.29, 1.82) is 0 Å². The minimum atomic E-state index is 0.380. The molecule has 1 heterocycles. The van der Waals surface area contributed by atoms with Crippen LogP contribution in [0.25, 0.3) is 0 Å². The van der Waals surface area contributed by atoms with Gasteiger partial charge in [-0.1, -0.05) is 6.92 Å². The number of rotatable bonds is 9. The van der Waals surface area contributed by atoms with Crippen molar-refractivity contribution in [3.05, 3.63) is 0 Å². The van der Waals surface area contributed by atoms with Crippen molar-refractivity contribution in [3.8, 4) is 0 Å². The lowest BCUT2D eigenvalue weighted by atomic mass is 9.81. The summed E-state index contributed by atoms with van der Waals surface area (Å²) in [6.07, 6.45) is 9.64. The highest BCUT2D eigenvalue weighted by Gasteiger charge is 2.40. The predicted octanol–water partition coefficient (Wildman–Crippen LogP) is 2.66. The van der Waals surface area contributed by atoms with Gasteiger partial charge in [-0.3, -0.25) is 4.90 Å². The lowest BCUT2D eigenvalue weighted by Gasteiger charge is -2.41. The lowest BCUT2D eigenvalue weighted by molar-refractivity contribution is -0.0281. The molecule has 116 valence electrons. The van der Waals surface area contributed by atoms with Crippen molar-refractivity contribution >= 4 is 0 Å². The van der Waals surface area contributed by atoms with Crippen molar-refractivity contribution < 1.29 is 4.74 Å². The van der Waals surface area contributed by atoms with E-state index in [9.17, 15) is 0 Å². The fraction of sp³-hybridized carbons (Fsp3) is 1.00. The third-order valence-electron chi connectivity index (χ3n) is 5.12. The van der Waals surface area contributed by atoms with Crippen LogP contribution in [0.2, 0.25) is 0 Å². The van der Waals surface area contributed by atoms with E-state index in [0.717, 1.165) is 38.3 Å². The zero-order valence-electron chi connectivity index (χ0n) is 13.2. The molecule has 3 fully saturated rings. The maximum atomic E-state index is 5.87. The molecule has 1 atom stereocenters. The average Bonchev–Trinajstić information content (AvgIpc) is 3.33. The molecule has 2 aliphatic carbocycles. The number of hydrogen-bond donors (Lipinski definition) is 1. The normalized spacial score (nSPS) is 30.9. The van der Waals surface area contributed by atoms with Crippen LogP contribution in [-0.2, 0) is 4.74 Å². The van der Waals surface area contributed by atoms with Gasteiger partial charge in [-0.2, -0.15) is 0 Å². The first kappa shape index (κ1) is 14.8. The first-order valence-electron chi connectivity index (χ1n) is 8.84. The van der Waals surface area contributed by atoms with E-state index in [1.54, 1.807) is 0 Å². The molecule has 0 aromatic carbocycles. The molecule has 1 saturated heterocycles. The topological polar surface area (TPSA) is 24.5 Å². The molecule has 3 aliphatic rings. The molecule has 3 nitrogen and oxygen atoms in total. The van der Waals surface area contributed by atoms with Crippen LogP contribution in [0.3, 0.4) is 0 Å². The zero-order valence-corrected chi connectivity index (χ0v) is 13.2. The molecule has 1 N–H and O–H groups in total. The molecule has 0 spiro atoms. The van der Waals surface area contributed by atoms with Crippen LogP contribution < -0.4 is 5.32 Å². The van der Waals surface area contributed by atoms with Gasteiger partial charge in [-0.15, -0.1) is 0 Å². The van der Waals surface area contributed by atoms with Crippen LogP contribution >= 0.6 is 0 Å². The molecule has 2 saturated carbocycles. The number of ether oxygens (including phenoxy) is 1. The van der Waals surface area contributed by atoms with Crippen molar-refractivity contribution in [3.63, 3.8) is 0 Å². The lowest BCUT2D eigenvalue weighted by Crippen LogP contribution is -2.50. The summed E-state index contributed by atoms with van der Waals surface area (Å²) in [6, 6.07) is 0.903. The quantitative estimate of drug-likeness (QED) is 0.657. The average molecular weight is 280 g/mol. The van der Waals surface area contributed by atoms with E-state index in [1.807, 2.05) is 0 Å². The molecule has 3 heteroatoms. The van der Waals surface area contributed by atoms with Crippen molar-refractivity contribution in [1.82, 2.24) is 10.2 Å². The number of nitrogens with one attached hydrogen (secondary N) is 1. The van der Waals surface area contributed by atoms with Gasteiger partial charge in [0.25, 0.3) is 0 Å². The van der Waals surface area contributed by atoms with Crippen LogP contribution in [0, 0.1) is 11.3 Å². The Kier molecular flexibility index (Phi) is 5.00. The first-order chi connectivity index (χ1) is 9.81. The van der Waals surface area contributed by atoms with Crippen LogP contribution in [0.1, 0.15) is 51.9 Å². The van der Waals surface area contributed by atoms with Gasteiger partial charge in [0.05, 0.1) is 6.61 Å². The third-order valence-corrected chi connectivity index (χ3v) is 5.12. The van der Waals surface area contributed by atoms with Gasteiger partial charge in [-0.25, -0.2) is 0 Å². The number of nitrogens with zero attached hydrogens (tertiary/aromatic N) is 1. The Morgan fingerprint density at radius 1 is 1.25 bits per heavy atom. The summed E-state index contributed by atoms with van der Waals surface area (Å²) in [4.78, 5) is 2.82. The SMILES string of the molecule is CCCNCC1(CN(CC2CC2)C2CC2)CCCOC1. The molecular weight excluding hydrogens is 248 g/mol. The summed E-state index contributed by atoms with van der Waals surface area (Å²) in [6.45, 7) is 9.12. The molecule has 0 aromatic rings. The van der Waals surface area contributed by atoms with E-state index >= 15 is 0 Å². The predicted molar refractivity (Wildman–Crippen MR) is 83.0 cm³/mol. The Labute approximate surface area is 124 Å². The van der Waals surface area contributed by atoms with Crippen LogP contribution in [-0.4, -0.2) is 50.3 Å². The molecule has 3 rings (SSSR count). The fourth-order valence-electron chi connectivity index (χ4n) is 3.61. The Bertz CT molecular complexity index is 293. The van der Waals surface area contributed by atoms with Gasteiger partial charge in [-0.05, 0) is 57.4 Å². The largest absolute Gasteiger partial charge is 0.381 e. The van der Waals surface area contributed by atoms with Crippen LogP contribution in [0.5, 0.6) is 0 Å². The molecule has 0 radical (unpaired) electrons. The second kappa shape index (κ2) is 6.76. The minimum Gasteiger partial charge on any atom is -0.381 e. The Morgan fingerprint density at radius 2 is 2.10 bits per heavy atom. The first-order valence-corrected chi connectivity index (χ1v) is 8.84. The Hall–Kier alpha value is -0.120. The minimum absolute atomic E-state index is 0.380. The van der Waals surface area contributed by atoms with Gasteiger partial charge >= 0.3 is 0 Å². The van der Waals surface area contributed by atoms with Gasteiger partial charge in [0, 0.05) is 37.7 Å². The third kappa shape index (κ3) is 4.19. The van der Waals surface area contributed by atoms with E-state index in [1.165, 1.54) is 58.0 Å². The highest BCUT2D eigenvalue weighted by atomic mass is 16.5. The van der Waals surface area contributed by atoms with E-state index in [2.05, 4.69) is 17.1 Å². The molecule has 0 bridgehead atoms. The number of hydrogen-bond acceptors (Lipinski definition) is 3. The summed E-state index contributed by atoms with van der Waals surface area (Å²) >= 11 is 0. The van der Waals surface area contributed by atoms with Gasteiger partial charge in [0.2, 0.25) is 0 Å². The van der Waals surface area contributed by atoms with Crippen LogP contribution in [0.4, 0.5) is 0 Å². The second-order valence-corrected chi connectivity index (χ2v) is 7.44. The molecule has 0 aromatic heterocycles. The highest BCUT2D eigenvalue weighted by Crippen LogP contribution is 2.38. The molecule has 1 unspecified atom stereocenters. The van der Waals surface area contributed by atoms with Gasteiger partial charge in [0.15, 0.2) is 0 Å². The molecule has 1 aliphatic heterocycles. The highest BCUT2D eigenvalue weighted by molar-refractivity contribution is 4.94. The fourth-order valence-corrected chi connectivity index (χ4v) is 3.61. The van der Waals surface area contributed by atoms with Gasteiger partial charge < -0.3 is 10.1 Å². The monoisotopic (exact) mass is 280 g/mol. The van der Waals surface area contributed by atoms with Crippen LogP contribution in [0.15, 0.2) is 0 Å². The van der Waals surface area contributed by atoms with E-state index in [-0.39, 0.29) is 0 Å². The zero-order chi connectivity index (χ0) is 13.8. The van der Waals surface area contributed by atoms with Gasteiger partial charge in [0.1, 0.15) is 0 Å². The maximum Gasteiger partial charge on any atom is 0.0546 e. The summed E-state index contributed by atoms with van der Waals surface area (Å²) in [5.74, 6) is 1.01. The molecule has 0 amide bonds. The summed E-state index contributed by atoms with van der Waals surface area (Å²) in [5, 5.41) is 3.67. The smallest absolute Gasteiger partial charge is 0.0546 e. The van der Waals surface area contributed by atoms with Crippen molar-refractivity contribution in [2.45, 2.75) is 57.9 Å². The second-order valence-electron chi connectivity index (χ2n) is 7.44. The molecular formula is C17H32N2O. The Morgan fingerprint density at radius 3 is 2.70 bits per heavy atom. The van der Waals surface area contributed by atoms with E-state index in [0.29, 0.717) is 5.41 Å². The maximum absolute atomic E-state index is 5.87. The molecule has 20 heavy (non-hydrogen) atoms. The summed E-state index contributed by atoms with van der Waals surface area (Å²) < 4.78 is 5.87. The summed E-state index contributed by atoms with van der Waals surface area (Å²) in [7, 11) is 0. The van der Waals surface area contributed by atoms with E-state index in [4.69, 9.17) is 4.74 Å². The standard InChI is InChI=1S/C17H32N2O/c1-2-9-18-12-17(8-3-10-20-14-17)13-19(16-6-7-16)11-15-4-5-15/h15-16,18H,2-14H2,1H3. The Balaban J connectivity index is 1.57. The summed E-state index contributed by atoms with van der Waals surface area (Å²) in [5.41, 5.74) is 0.380.